The fourth-order valence-electron chi connectivity index (χ4n) is 1.41. The number of unbranched alkanes of at least 4 members (excludes halogenated alkanes) is 1. The maximum absolute atomic E-state index is 11.2. The smallest absolute Gasteiger partial charge is 0.397 e. The molecule has 1 atom stereocenters. The van der Waals surface area contributed by atoms with Gasteiger partial charge in [0.05, 0.1) is 19.6 Å². The monoisotopic (exact) mass is 282 g/mol. The zero-order valence-corrected chi connectivity index (χ0v) is 11.7. The molecular formula is C11H22O6S. The summed E-state index contributed by atoms with van der Waals surface area (Å²) in [5.41, 5.74) is 0. The zero-order chi connectivity index (χ0) is 14.0. The van der Waals surface area contributed by atoms with E-state index in [1.54, 1.807) is 0 Å². The second-order valence-corrected chi connectivity index (χ2v) is 5.19. The molecule has 0 aliphatic rings. The van der Waals surface area contributed by atoms with Crippen molar-refractivity contribution in [3.8, 4) is 0 Å². The number of carbonyl (C=O) groups is 1. The van der Waals surface area contributed by atoms with E-state index in [4.69, 9.17) is 9.29 Å². The van der Waals surface area contributed by atoms with Crippen LogP contribution in [0, 0.1) is 5.92 Å². The minimum atomic E-state index is -4.48. The molecule has 0 saturated heterocycles. The van der Waals surface area contributed by atoms with E-state index in [1.807, 2.05) is 6.92 Å². The molecule has 0 aliphatic heterocycles. The van der Waals surface area contributed by atoms with E-state index in [-0.39, 0.29) is 6.42 Å². The van der Waals surface area contributed by atoms with Crippen molar-refractivity contribution >= 4 is 16.4 Å². The SMILES string of the molecule is CCCCC(CC)COC(=O)CCOS(=O)(=O)O. The minimum Gasteiger partial charge on any atom is -0.465 e. The van der Waals surface area contributed by atoms with Crippen molar-refractivity contribution in [2.24, 2.45) is 5.92 Å². The molecule has 18 heavy (non-hydrogen) atoms. The number of carbonyl (C=O) groups excluding carboxylic acids is 1. The molecule has 0 aromatic heterocycles. The molecule has 0 radical (unpaired) electrons. The van der Waals surface area contributed by atoms with E-state index < -0.39 is 23.0 Å². The van der Waals surface area contributed by atoms with Gasteiger partial charge in [-0.1, -0.05) is 33.1 Å². The van der Waals surface area contributed by atoms with Gasteiger partial charge in [-0.25, -0.2) is 4.18 Å². The summed E-state index contributed by atoms with van der Waals surface area (Å²) in [6, 6.07) is 0. The molecule has 0 heterocycles. The largest absolute Gasteiger partial charge is 0.465 e. The van der Waals surface area contributed by atoms with Gasteiger partial charge in [-0.05, 0) is 12.3 Å². The third-order valence-corrected chi connectivity index (χ3v) is 3.03. The average Bonchev–Trinajstić information content (AvgIpc) is 2.27. The summed E-state index contributed by atoms with van der Waals surface area (Å²) in [7, 11) is -4.48. The second kappa shape index (κ2) is 9.29. The summed E-state index contributed by atoms with van der Waals surface area (Å²) in [5.74, 6) is -0.176. The zero-order valence-electron chi connectivity index (χ0n) is 10.9. The van der Waals surface area contributed by atoms with Crippen LogP contribution < -0.4 is 0 Å². The third-order valence-electron chi connectivity index (χ3n) is 2.56. The van der Waals surface area contributed by atoms with E-state index in [9.17, 15) is 13.2 Å². The highest BCUT2D eigenvalue weighted by molar-refractivity contribution is 7.80. The quantitative estimate of drug-likeness (QED) is 0.486. The van der Waals surface area contributed by atoms with E-state index >= 15 is 0 Å². The molecule has 0 saturated carbocycles. The Balaban J connectivity index is 3.74. The Morgan fingerprint density at radius 2 is 2.00 bits per heavy atom. The van der Waals surface area contributed by atoms with Gasteiger partial charge in [0.2, 0.25) is 0 Å². The summed E-state index contributed by atoms with van der Waals surface area (Å²) >= 11 is 0. The molecule has 0 aliphatic carbocycles. The summed E-state index contributed by atoms with van der Waals surface area (Å²) in [4.78, 5) is 11.2. The van der Waals surface area contributed by atoms with Gasteiger partial charge >= 0.3 is 16.4 Å². The lowest BCUT2D eigenvalue weighted by Gasteiger charge is -2.14. The highest BCUT2D eigenvalue weighted by atomic mass is 32.3. The Hall–Kier alpha value is -0.660. The lowest BCUT2D eigenvalue weighted by atomic mass is 10.0. The average molecular weight is 282 g/mol. The Bertz CT molecular complexity index is 324. The van der Waals surface area contributed by atoms with Gasteiger partial charge in [0, 0.05) is 0 Å². The molecule has 1 unspecified atom stereocenters. The van der Waals surface area contributed by atoms with E-state index in [0.717, 1.165) is 25.7 Å². The molecular weight excluding hydrogens is 260 g/mol. The van der Waals surface area contributed by atoms with Crippen LogP contribution in [0.15, 0.2) is 0 Å². The van der Waals surface area contributed by atoms with Crippen molar-refractivity contribution in [3.63, 3.8) is 0 Å². The van der Waals surface area contributed by atoms with Crippen molar-refractivity contribution in [1.82, 2.24) is 0 Å². The summed E-state index contributed by atoms with van der Waals surface area (Å²) < 4.78 is 37.8. The highest BCUT2D eigenvalue weighted by Gasteiger charge is 2.11. The van der Waals surface area contributed by atoms with Gasteiger partial charge < -0.3 is 4.74 Å². The van der Waals surface area contributed by atoms with Gasteiger partial charge in [0.25, 0.3) is 0 Å². The lowest BCUT2D eigenvalue weighted by molar-refractivity contribution is -0.145. The van der Waals surface area contributed by atoms with E-state index in [1.165, 1.54) is 0 Å². The topological polar surface area (TPSA) is 89.9 Å². The van der Waals surface area contributed by atoms with Crippen molar-refractivity contribution in [2.45, 2.75) is 46.0 Å². The molecule has 0 fully saturated rings. The number of ether oxygens (including phenoxy) is 1. The summed E-state index contributed by atoms with van der Waals surface area (Å²) in [6.45, 7) is 4.09. The first-order chi connectivity index (χ1) is 8.39. The van der Waals surface area contributed by atoms with Crippen LogP contribution in [-0.2, 0) is 24.1 Å². The van der Waals surface area contributed by atoms with E-state index in [2.05, 4.69) is 11.1 Å². The van der Waals surface area contributed by atoms with Gasteiger partial charge in [-0.15, -0.1) is 0 Å². The van der Waals surface area contributed by atoms with Gasteiger partial charge in [0.1, 0.15) is 0 Å². The molecule has 6 nitrogen and oxygen atoms in total. The molecule has 7 heteroatoms. The fourth-order valence-corrected chi connectivity index (χ4v) is 1.71. The number of rotatable bonds is 10. The Labute approximate surface area is 109 Å². The van der Waals surface area contributed by atoms with Gasteiger partial charge in [-0.2, -0.15) is 8.42 Å². The maximum atomic E-state index is 11.2. The molecule has 0 spiro atoms. The van der Waals surface area contributed by atoms with Crippen molar-refractivity contribution in [3.05, 3.63) is 0 Å². The van der Waals surface area contributed by atoms with Crippen LogP contribution >= 0.6 is 0 Å². The van der Waals surface area contributed by atoms with Crippen LogP contribution in [0.5, 0.6) is 0 Å². The Morgan fingerprint density at radius 3 is 2.50 bits per heavy atom. The summed E-state index contributed by atoms with van der Waals surface area (Å²) in [6.07, 6.45) is 3.97. The third kappa shape index (κ3) is 10.5. The fraction of sp³-hybridized carbons (Fsp3) is 0.909. The van der Waals surface area contributed by atoms with Crippen molar-refractivity contribution in [1.29, 1.82) is 0 Å². The first-order valence-corrected chi connectivity index (χ1v) is 7.53. The van der Waals surface area contributed by atoms with Crippen LogP contribution in [0.3, 0.4) is 0 Å². The molecule has 1 N–H and O–H groups in total. The highest BCUT2D eigenvalue weighted by Crippen LogP contribution is 2.13. The first kappa shape index (κ1) is 17.3. The Kier molecular flexibility index (Phi) is 8.95. The molecule has 0 amide bonds. The molecule has 0 aromatic carbocycles. The van der Waals surface area contributed by atoms with Crippen LogP contribution in [0.4, 0.5) is 0 Å². The Morgan fingerprint density at radius 1 is 1.33 bits per heavy atom. The predicted octanol–water partition coefficient (Wildman–Crippen LogP) is 1.96. The molecule has 0 bridgehead atoms. The molecule has 108 valence electrons. The molecule has 0 rings (SSSR count). The van der Waals surface area contributed by atoms with Crippen LogP contribution in [0.2, 0.25) is 0 Å². The normalized spacial score (nSPS) is 13.3. The minimum absolute atomic E-state index is 0.190. The van der Waals surface area contributed by atoms with Gasteiger partial charge in [0.15, 0.2) is 0 Å². The van der Waals surface area contributed by atoms with Crippen LogP contribution in [0.1, 0.15) is 46.0 Å². The number of hydrogen-bond acceptors (Lipinski definition) is 5. The van der Waals surface area contributed by atoms with Gasteiger partial charge in [-0.3, -0.25) is 9.35 Å². The standard InChI is InChI=1S/C11H22O6S/c1-3-5-6-10(4-2)9-16-11(12)7-8-17-18(13,14)15/h10H,3-9H2,1-2H3,(H,13,14,15). The first-order valence-electron chi connectivity index (χ1n) is 6.16. The maximum Gasteiger partial charge on any atom is 0.397 e. The number of esters is 1. The number of hydrogen-bond donors (Lipinski definition) is 1. The second-order valence-electron chi connectivity index (χ2n) is 4.10. The van der Waals surface area contributed by atoms with Crippen LogP contribution in [0.25, 0.3) is 0 Å². The van der Waals surface area contributed by atoms with Crippen molar-refractivity contribution < 1.29 is 26.7 Å². The van der Waals surface area contributed by atoms with E-state index in [0.29, 0.717) is 12.5 Å². The molecule has 0 aromatic rings. The predicted molar refractivity (Wildman–Crippen MR) is 66.4 cm³/mol. The summed E-state index contributed by atoms with van der Waals surface area (Å²) in [5, 5.41) is 0. The van der Waals surface area contributed by atoms with Crippen molar-refractivity contribution in [2.75, 3.05) is 13.2 Å². The lowest BCUT2D eigenvalue weighted by Crippen LogP contribution is -2.16. The van der Waals surface area contributed by atoms with Crippen LogP contribution in [-0.4, -0.2) is 32.2 Å².